The van der Waals surface area contributed by atoms with Crippen LogP contribution in [0, 0.1) is 0 Å². The molecule has 0 unspecified atom stereocenters. The van der Waals surface area contributed by atoms with Gasteiger partial charge in [-0.05, 0) is 6.42 Å². The number of aromatic nitrogens is 3. The summed E-state index contributed by atoms with van der Waals surface area (Å²) < 4.78 is 0. The van der Waals surface area contributed by atoms with E-state index in [0.717, 1.165) is 6.42 Å². The molecule has 3 N–H and O–H groups in total. The molecule has 0 fully saturated rings. The second-order valence-corrected chi connectivity index (χ2v) is 2.28. The minimum atomic E-state index is -0.595. The third-order valence-corrected chi connectivity index (χ3v) is 1.25. The Kier molecular flexibility index (Phi) is 2.62. The first-order valence-corrected chi connectivity index (χ1v) is 3.67. The first-order chi connectivity index (χ1) is 5.74. The molecule has 0 radical (unpaired) electrons. The molecular formula is C6H10N4O2. The molecule has 12 heavy (non-hydrogen) atoms. The standard InChI is InChI=1S/C6H10N4O2/c1-2-3-7-4-5(11)8-6(12)10-9-4/h2-3H2,1H3,(H,7,9)(H2,8,10,11,12). The maximum atomic E-state index is 10.9. The highest BCUT2D eigenvalue weighted by atomic mass is 16.2. The fraction of sp³-hybridized carbons (Fsp3) is 0.500. The van der Waals surface area contributed by atoms with Crippen LogP contribution in [-0.4, -0.2) is 21.7 Å². The molecule has 0 spiro atoms. The number of nitrogens with one attached hydrogen (secondary N) is 3. The van der Waals surface area contributed by atoms with Crippen LogP contribution in [0.4, 0.5) is 5.82 Å². The van der Waals surface area contributed by atoms with Crippen LogP contribution in [-0.2, 0) is 0 Å². The Morgan fingerprint density at radius 1 is 1.50 bits per heavy atom. The van der Waals surface area contributed by atoms with E-state index in [4.69, 9.17) is 0 Å². The minimum absolute atomic E-state index is 0.149. The van der Waals surface area contributed by atoms with Gasteiger partial charge in [-0.2, -0.15) is 0 Å². The smallest absolute Gasteiger partial charge is 0.342 e. The van der Waals surface area contributed by atoms with Crippen molar-refractivity contribution < 1.29 is 0 Å². The second-order valence-electron chi connectivity index (χ2n) is 2.28. The van der Waals surface area contributed by atoms with Gasteiger partial charge in [-0.1, -0.05) is 6.92 Å². The van der Waals surface area contributed by atoms with E-state index in [1.165, 1.54) is 0 Å². The lowest BCUT2D eigenvalue weighted by Crippen LogP contribution is -2.27. The quantitative estimate of drug-likeness (QED) is 0.558. The molecule has 6 heteroatoms. The van der Waals surface area contributed by atoms with Crippen molar-refractivity contribution in [1.29, 1.82) is 0 Å². The average Bonchev–Trinajstić information content (AvgIpc) is 2.03. The maximum absolute atomic E-state index is 10.9. The number of nitrogens with zero attached hydrogens (tertiary/aromatic N) is 1. The van der Waals surface area contributed by atoms with Crippen LogP contribution in [0.15, 0.2) is 9.59 Å². The highest BCUT2D eigenvalue weighted by molar-refractivity contribution is 5.28. The fourth-order valence-electron chi connectivity index (χ4n) is 0.711. The average molecular weight is 170 g/mol. The third-order valence-electron chi connectivity index (χ3n) is 1.25. The van der Waals surface area contributed by atoms with Gasteiger partial charge in [0.1, 0.15) is 0 Å². The van der Waals surface area contributed by atoms with Crippen LogP contribution in [0.2, 0.25) is 0 Å². The predicted octanol–water partition coefficient (Wildman–Crippen LogP) is -0.720. The van der Waals surface area contributed by atoms with Gasteiger partial charge >= 0.3 is 5.69 Å². The van der Waals surface area contributed by atoms with Crippen molar-refractivity contribution in [2.75, 3.05) is 11.9 Å². The summed E-state index contributed by atoms with van der Waals surface area (Å²) in [5.74, 6) is 0.149. The Labute approximate surface area is 68.0 Å². The molecule has 1 aromatic heterocycles. The Hall–Kier alpha value is -1.59. The zero-order chi connectivity index (χ0) is 8.97. The van der Waals surface area contributed by atoms with Gasteiger partial charge in [-0.25, -0.2) is 9.89 Å². The molecular weight excluding hydrogens is 160 g/mol. The number of H-pyrrole nitrogens is 2. The Balaban J connectivity index is 2.87. The summed E-state index contributed by atoms with van der Waals surface area (Å²) in [6, 6.07) is 0. The molecule has 0 amide bonds. The van der Waals surface area contributed by atoms with E-state index >= 15 is 0 Å². The number of anilines is 1. The summed E-state index contributed by atoms with van der Waals surface area (Å²) in [6.45, 7) is 2.62. The molecule has 0 aliphatic heterocycles. The van der Waals surface area contributed by atoms with Crippen LogP contribution in [0.5, 0.6) is 0 Å². The highest BCUT2D eigenvalue weighted by Gasteiger charge is 1.98. The molecule has 0 saturated carbocycles. The van der Waals surface area contributed by atoms with Crippen LogP contribution in [0.3, 0.4) is 0 Å². The normalized spacial score (nSPS) is 9.75. The lowest BCUT2D eigenvalue weighted by Gasteiger charge is -1.99. The van der Waals surface area contributed by atoms with Crippen molar-refractivity contribution in [2.45, 2.75) is 13.3 Å². The predicted molar refractivity (Wildman–Crippen MR) is 44.3 cm³/mol. The van der Waals surface area contributed by atoms with Crippen molar-refractivity contribution in [3.8, 4) is 0 Å². The lowest BCUT2D eigenvalue weighted by molar-refractivity contribution is 0.871. The molecule has 0 bridgehead atoms. The second kappa shape index (κ2) is 3.70. The summed E-state index contributed by atoms with van der Waals surface area (Å²) in [5.41, 5.74) is -1.09. The summed E-state index contributed by atoms with van der Waals surface area (Å²) in [6.07, 6.45) is 0.889. The molecule has 0 aliphatic rings. The molecule has 1 heterocycles. The summed E-state index contributed by atoms with van der Waals surface area (Å²) >= 11 is 0. The number of hydrogen-bond donors (Lipinski definition) is 3. The molecule has 0 aliphatic carbocycles. The molecule has 0 aromatic carbocycles. The monoisotopic (exact) mass is 170 g/mol. The molecule has 0 atom stereocenters. The van der Waals surface area contributed by atoms with E-state index in [-0.39, 0.29) is 5.82 Å². The van der Waals surface area contributed by atoms with Crippen molar-refractivity contribution in [3.05, 3.63) is 20.8 Å². The first-order valence-electron chi connectivity index (χ1n) is 3.67. The maximum Gasteiger partial charge on any atom is 0.342 e. The van der Waals surface area contributed by atoms with Crippen LogP contribution >= 0.6 is 0 Å². The van der Waals surface area contributed by atoms with Crippen molar-refractivity contribution >= 4 is 5.82 Å². The Morgan fingerprint density at radius 2 is 2.25 bits per heavy atom. The summed E-state index contributed by atoms with van der Waals surface area (Å²) in [7, 11) is 0. The van der Waals surface area contributed by atoms with Gasteiger partial charge in [0.15, 0.2) is 0 Å². The highest BCUT2D eigenvalue weighted by Crippen LogP contribution is 1.85. The van der Waals surface area contributed by atoms with Crippen molar-refractivity contribution in [3.63, 3.8) is 0 Å². The Bertz CT molecular complexity index is 353. The SMILES string of the molecule is CCCNc1n[nH]c(=O)[nH]c1=O. The van der Waals surface area contributed by atoms with Gasteiger partial charge in [-0.3, -0.25) is 9.78 Å². The van der Waals surface area contributed by atoms with Crippen LogP contribution < -0.4 is 16.6 Å². The molecule has 6 nitrogen and oxygen atoms in total. The number of rotatable bonds is 3. The van der Waals surface area contributed by atoms with Gasteiger partial charge in [0.2, 0.25) is 5.82 Å². The fourth-order valence-corrected chi connectivity index (χ4v) is 0.711. The zero-order valence-electron chi connectivity index (χ0n) is 6.68. The Morgan fingerprint density at radius 3 is 2.83 bits per heavy atom. The van der Waals surface area contributed by atoms with Gasteiger partial charge in [0.05, 0.1) is 0 Å². The van der Waals surface area contributed by atoms with Crippen molar-refractivity contribution in [2.24, 2.45) is 0 Å². The van der Waals surface area contributed by atoms with Crippen LogP contribution in [0.1, 0.15) is 13.3 Å². The van der Waals surface area contributed by atoms with Gasteiger partial charge in [0.25, 0.3) is 5.56 Å². The zero-order valence-corrected chi connectivity index (χ0v) is 6.68. The van der Waals surface area contributed by atoms with E-state index in [0.29, 0.717) is 6.54 Å². The molecule has 66 valence electrons. The first kappa shape index (κ1) is 8.51. The number of aromatic amines is 2. The van der Waals surface area contributed by atoms with E-state index in [2.05, 4.69) is 20.5 Å². The van der Waals surface area contributed by atoms with Gasteiger partial charge < -0.3 is 5.32 Å². The molecule has 1 rings (SSSR count). The molecule has 0 saturated heterocycles. The van der Waals surface area contributed by atoms with Gasteiger partial charge in [-0.15, -0.1) is 5.10 Å². The number of hydrogen-bond acceptors (Lipinski definition) is 4. The lowest BCUT2D eigenvalue weighted by atomic mass is 10.5. The third kappa shape index (κ3) is 1.94. The van der Waals surface area contributed by atoms with Gasteiger partial charge in [0, 0.05) is 6.54 Å². The van der Waals surface area contributed by atoms with Crippen LogP contribution in [0.25, 0.3) is 0 Å². The molecule has 1 aromatic rings. The topological polar surface area (TPSA) is 90.6 Å². The van der Waals surface area contributed by atoms with E-state index in [1.807, 2.05) is 6.92 Å². The van der Waals surface area contributed by atoms with Crippen molar-refractivity contribution in [1.82, 2.24) is 15.2 Å². The van der Waals surface area contributed by atoms with E-state index < -0.39 is 11.2 Å². The van der Waals surface area contributed by atoms with E-state index in [9.17, 15) is 9.59 Å². The summed E-state index contributed by atoms with van der Waals surface area (Å²) in [5, 5.41) is 8.41. The summed E-state index contributed by atoms with van der Waals surface area (Å²) in [4.78, 5) is 23.5. The van der Waals surface area contributed by atoms with E-state index in [1.54, 1.807) is 0 Å². The largest absolute Gasteiger partial charge is 0.364 e. The minimum Gasteiger partial charge on any atom is -0.364 e.